The molecule has 0 radical (unpaired) electrons. The lowest BCUT2D eigenvalue weighted by Crippen LogP contribution is -2.44. The molecule has 3 atom stereocenters. The smallest absolute Gasteiger partial charge is 0.309 e. The molecule has 2 heterocycles. The van der Waals surface area contributed by atoms with Crippen LogP contribution >= 0.6 is 0 Å². The Morgan fingerprint density at radius 1 is 1.00 bits per heavy atom. The molecular formula is C26H27N3O4. The van der Waals surface area contributed by atoms with Gasteiger partial charge in [-0.25, -0.2) is 0 Å². The Morgan fingerprint density at radius 2 is 1.79 bits per heavy atom. The molecular weight excluding hydrogens is 418 g/mol. The molecule has 2 aliphatic heterocycles. The van der Waals surface area contributed by atoms with E-state index < -0.39 is 0 Å². The largest absolute Gasteiger partial charge is 0.464 e. The van der Waals surface area contributed by atoms with Crippen molar-refractivity contribution in [1.29, 1.82) is 0 Å². The molecule has 2 amide bonds. The molecule has 0 aromatic heterocycles. The molecule has 2 fully saturated rings. The van der Waals surface area contributed by atoms with Gasteiger partial charge in [0.05, 0.1) is 12.5 Å². The number of esters is 1. The van der Waals surface area contributed by atoms with Crippen LogP contribution in [0.5, 0.6) is 0 Å². The molecule has 1 N–H and O–H groups in total. The monoisotopic (exact) mass is 445 g/mol. The number of anilines is 1. The molecule has 33 heavy (non-hydrogen) atoms. The number of carbonyl (C=O) groups excluding carboxylic acids is 3. The number of nitrogens with zero attached hydrogens (tertiary/aromatic N) is 2. The molecule has 7 heteroatoms. The molecule has 6 rings (SSSR count). The molecule has 1 saturated heterocycles. The average Bonchev–Trinajstić information content (AvgIpc) is 3.49. The second kappa shape index (κ2) is 7.99. The van der Waals surface area contributed by atoms with Crippen molar-refractivity contribution in [2.45, 2.75) is 12.8 Å². The minimum atomic E-state index is -0.325. The first-order valence-corrected chi connectivity index (χ1v) is 11.8. The predicted molar refractivity (Wildman–Crippen MR) is 124 cm³/mol. The Labute approximate surface area is 192 Å². The Hall–Kier alpha value is -3.19. The van der Waals surface area contributed by atoms with Gasteiger partial charge in [-0.3, -0.25) is 19.3 Å². The quantitative estimate of drug-likeness (QED) is 0.433. The van der Waals surface area contributed by atoms with E-state index in [1.807, 2.05) is 24.3 Å². The van der Waals surface area contributed by atoms with Crippen LogP contribution in [0, 0.1) is 17.8 Å². The van der Waals surface area contributed by atoms with Gasteiger partial charge in [-0.2, -0.15) is 0 Å². The zero-order chi connectivity index (χ0) is 22.5. The maximum Gasteiger partial charge on any atom is 0.309 e. The van der Waals surface area contributed by atoms with Crippen molar-refractivity contribution in [3.05, 3.63) is 53.6 Å². The highest BCUT2D eigenvalue weighted by Gasteiger charge is 2.41. The number of amides is 2. The number of nitrogens with one attached hydrogen (secondary N) is 1. The molecule has 7 nitrogen and oxygen atoms in total. The summed E-state index contributed by atoms with van der Waals surface area (Å²) in [6.45, 7) is 3.68. The molecule has 0 spiro atoms. The van der Waals surface area contributed by atoms with Crippen molar-refractivity contribution in [3.63, 3.8) is 0 Å². The highest BCUT2D eigenvalue weighted by molar-refractivity contribution is 6.26. The number of carbonyl (C=O) groups is 3. The molecule has 1 saturated carbocycles. The van der Waals surface area contributed by atoms with Crippen molar-refractivity contribution in [2.75, 3.05) is 44.2 Å². The van der Waals surface area contributed by atoms with Gasteiger partial charge < -0.3 is 15.0 Å². The molecule has 3 unspecified atom stereocenters. The first-order chi connectivity index (χ1) is 16.1. The lowest BCUT2D eigenvalue weighted by atomic mass is 9.92. The third kappa shape index (κ3) is 3.33. The van der Waals surface area contributed by atoms with Gasteiger partial charge in [0.2, 0.25) is 0 Å². The number of ether oxygens (including phenoxy) is 1. The maximum absolute atomic E-state index is 13.3. The third-order valence-electron chi connectivity index (χ3n) is 7.57. The van der Waals surface area contributed by atoms with E-state index >= 15 is 0 Å². The number of hydrogen-bond donors (Lipinski definition) is 1. The van der Waals surface area contributed by atoms with Crippen LogP contribution in [-0.4, -0.2) is 62.0 Å². The standard InChI is InChI=1S/C26H27N3O4/c30-24-19-3-1-2-18-22(28-10-8-27-9-11-28)7-6-20(23(18)19)25(31)29(24)12-13-33-26(32)21-15-16-4-5-17(21)14-16/h1-7,16-17,21,27H,8-15H2. The molecule has 2 aromatic carbocycles. The van der Waals surface area contributed by atoms with Gasteiger partial charge in [0.25, 0.3) is 11.8 Å². The molecule has 2 aliphatic carbocycles. The summed E-state index contributed by atoms with van der Waals surface area (Å²) in [6.07, 6.45) is 6.17. The first-order valence-electron chi connectivity index (χ1n) is 11.8. The number of allylic oxidation sites excluding steroid dienone is 2. The van der Waals surface area contributed by atoms with Crippen molar-refractivity contribution in [1.82, 2.24) is 10.2 Å². The van der Waals surface area contributed by atoms with E-state index in [1.54, 1.807) is 6.07 Å². The fourth-order valence-corrected chi connectivity index (χ4v) is 5.91. The topological polar surface area (TPSA) is 79.0 Å². The second-order valence-electron chi connectivity index (χ2n) is 9.41. The minimum Gasteiger partial charge on any atom is -0.464 e. The van der Waals surface area contributed by atoms with Crippen LogP contribution in [0.25, 0.3) is 10.8 Å². The molecule has 2 bridgehead atoms. The van der Waals surface area contributed by atoms with Gasteiger partial charge in [0, 0.05) is 53.8 Å². The van der Waals surface area contributed by atoms with Crippen LogP contribution in [0.1, 0.15) is 33.6 Å². The van der Waals surface area contributed by atoms with E-state index in [1.165, 1.54) is 4.90 Å². The summed E-state index contributed by atoms with van der Waals surface area (Å²) >= 11 is 0. The van der Waals surface area contributed by atoms with E-state index in [9.17, 15) is 14.4 Å². The Balaban J connectivity index is 1.21. The van der Waals surface area contributed by atoms with E-state index in [4.69, 9.17) is 4.74 Å². The zero-order valence-corrected chi connectivity index (χ0v) is 18.5. The normalized spacial score (nSPS) is 25.9. The van der Waals surface area contributed by atoms with Crippen molar-refractivity contribution < 1.29 is 19.1 Å². The summed E-state index contributed by atoms with van der Waals surface area (Å²) in [5.41, 5.74) is 2.12. The Bertz CT molecular complexity index is 1160. The molecule has 4 aliphatic rings. The summed E-state index contributed by atoms with van der Waals surface area (Å²) in [4.78, 5) is 42.6. The molecule has 2 aromatic rings. The summed E-state index contributed by atoms with van der Waals surface area (Å²) < 4.78 is 5.51. The van der Waals surface area contributed by atoms with Crippen LogP contribution in [-0.2, 0) is 9.53 Å². The fraction of sp³-hybridized carbons (Fsp3) is 0.423. The summed E-state index contributed by atoms with van der Waals surface area (Å²) in [6, 6.07) is 9.46. The summed E-state index contributed by atoms with van der Waals surface area (Å²) in [7, 11) is 0. The fourth-order valence-electron chi connectivity index (χ4n) is 5.91. The van der Waals surface area contributed by atoms with Gasteiger partial charge in [-0.05, 0) is 42.9 Å². The van der Waals surface area contributed by atoms with E-state index in [0.717, 1.165) is 55.5 Å². The maximum atomic E-state index is 13.3. The van der Waals surface area contributed by atoms with Gasteiger partial charge in [0.1, 0.15) is 6.61 Å². The first kappa shape index (κ1) is 20.4. The van der Waals surface area contributed by atoms with E-state index in [2.05, 4.69) is 22.4 Å². The predicted octanol–water partition coefficient (Wildman–Crippen LogP) is 2.60. The number of imide groups is 1. The van der Waals surface area contributed by atoms with Crippen LogP contribution < -0.4 is 10.2 Å². The van der Waals surface area contributed by atoms with Crippen LogP contribution in [0.4, 0.5) is 5.69 Å². The number of hydrogen-bond acceptors (Lipinski definition) is 6. The lowest BCUT2D eigenvalue weighted by molar-refractivity contribution is -0.149. The van der Waals surface area contributed by atoms with Crippen molar-refractivity contribution >= 4 is 34.2 Å². The Morgan fingerprint density at radius 3 is 2.52 bits per heavy atom. The average molecular weight is 446 g/mol. The molecule has 170 valence electrons. The SMILES string of the molecule is O=C(OCCN1C(=O)c2cccc3c(N4CCNCC4)ccc(c23)C1=O)C1CC2C=CC1C2. The van der Waals surface area contributed by atoms with Crippen LogP contribution in [0.15, 0.2) is 42.5 Å². The summed E-state index contributed by atoms with van der Waals surface area (Å²) in [5.74, 6) is -0.197. The van der Waals surface area contributed by atoms with Crippen molar-refractivity contribution in [2.24, 2.45) is 17.8 Å². The van der Waals surface area contributed by atoms with Gasteiger partial charge in [0.15, 0.2) is 0 Å². The van der Waals surface area contributed by atoms with Crippen molar-refractivity contribution in [3.8, 4) is 0 Å². The zero-order valence-electron chi connectivity index (χ0n) is 18.5. The van der Waals surface area contributed by atoms with Crippen LogP contribution in [0.3, 0.4) is 0 Å². The summed E-state index contributed by atoms with van der Waals surface area (Å²) in [5, 5.41) is 5.02. The van der Waals surface area contributed by atoms with Gasteiger partial charge in [-0.1, -0.05) is 24.3 Å². The number of piperazine rings is 1. The highest BCUT2D eigenvalue weighted by Crippen LogP contribution is 2.44. The number of fused-ring (bicyclic) bond motifs is 2. The van der Waals surface area contributed by atoms with E-state index in [-0.39, 0.29) is 42.8 Å². The second-order valence-corrected chi connectivity index (χ2v) is 9.41. The lowest BCUT2D eigenvalue weighted by Gasteiger charge is -2.32. The Kier molecular flexibility index (Phi) is 4.94. The number of rotatable bonds is 5. The third-order valence-corrected chi connectivity index (χ3v) is 7.57. The minimum absolute atomic E-state index is 0.0259. The van der Waals surface area contributed by atoms with Gasteiger partial charge >= 0.3 is 5.97 Å². The highest BCUT2D eigenvalue weighted by atomic mass is 16.5. The van der Waals surface area contributed by atoms with E-state index in [0.29, 0.717) is 17.0 Å². The number of benzene rings is 2. The van der Waals surface area contributed by atoms with Crippen LogP contribution in [0.2, 0.25) is 0 Å². The van der Waals surface area contributed by atoms with Gasteiger partial charge in [-0.15, -0.1) is 0 Å².